The monoisotopic (exact) mass is 328 g/mol. The van der Waals surface area contributed by atoms with Gasteiger partial charge in [-0.05, 0) is 29.7 Å². The zero-order valence-electron chi connectivity index (χ0n) is 11.2. The lowest BCUT2D eigenvalue weighted by molar-refractivity contribution is 0.115. The molecule has 5 heteroatoms. The molecule has 0 amide bonds. The zero-order chi connectivity index (χ0) is 15.5. The van der Waals surface area contributed by atoms with Gasteiger partial charge in [-0.25, -0.2) is 4.39 Å². The summed E-state index contributed by atoms with van der Waals surface area (Å²) in [6.07, 6.45) is 0.0934. The van der Waals surface area contributed by atoms with Crippen LogP contribution in [0.1, 0.15) is 11.1 Å². The summed E-state index contributed by atoms with van der Waals surface area (Å²) in [5.41, 5.74) is -0.161. The Morgan fingerprint density at radius 1 is 0.905 bits per heavy atom. The minimum atomic E-state index is -1.07. The lowest BCUT2D eigenvalue weighted by atomic mass is 9.76. The van der Waals surface area contributed by atoms with Gasteiger partial charge >= 0.3 is 0 Å². The number of rotatable bonds is 5. The van der Waals surface area contributed by atoms with Crippen molar-refractivity contribution in [2.75, 3.05) is 13.2 Å². The van der Waals surface area contributed by atoms with E-state index in [4.69, 9.17) is 23.2 Å². The molecule has 0 aromatic heterocycles. The fourth-order valence-corrected chi connectivity index (χ4v) is 2.90. The van der Waals surface area contributed by atoms with Crippen LogP contribution in [0.5, 0.6) is 0 Å². The van der Waals surface area contributed by atoms with Gasteiger partial charge in [-0.15, -0.1) is 0 Å². The minimum Gasteiger partial charge on any atom is -0.395 e. The van der Waals surface area contributed by atoms with Crippen LogP contribution in [0, 0.1) is 5.82 Å². The maximum Gasteiger partial charge on any atom is 0.145 e. The summed E-state index contributed by atoms with van der Waals surface area (Å²) in [7, 11) is 0. The third-order valence-corrected chi connectivity index (χ3v) is 4.23. The van der Waals surface area contributed by atoms with Crippen molar-refractivity contribution in [1.29, 1.82) is 0 Å². The van der Waals surface area contributed by atoms with Crippen molar-refractivity contribution in [1.82, 2.24) is 0 Å². The van der Waals surface area contributed by atoms with Crippen LogP contribution in [0.4, 0.5) is 4.39 Å². The molecule has 2 aromatic rings. The highest BCUT2D eigenvalue weighted by Gasteiger charge is 2.34. The van der Waals surface area contributed by atoms with E-state index in [1.807, 2.05) is 0 Å². The van der Waals surface area contributed by atoms with Crippen LogP contribution in [0.15, 0.2) is 42.5 Å². The third-order valence-electron chi connectivity index (χ3n) is 3.61. The summed E-state index contributed by atoms with van der Waals surface area (Å²) < 4.78 is 14.1. The highest BCUT2D eigenvalue weighted by molar-refractivity contribution is 6.31. The van der Waals surface area contributed by atoms with E-state index in [0.29, 0.717) is 16.1 Å². The van der Waals surface area contributed by atoms with E-state index < -0.39 is 11.2 Å². The first-order chi connectivity index (χ1) is 10.0. The Morgan fingerprint density at radius 3 is 2.14 bits per heavy atom. The molecule has 0 atom stereocenters. The van der Waals surface area contributed by atoms with Gasteiger partial charge in [0, 0.05) is 10.4 Å². The second kappa shape index (κ2) is 6.75. The molecule has 0 radical (unpaired) electrons. The van der Waals surface area contributed by atoms with Crippen molar-refractivity contribution in [2.24, 2.45) is 0 Å². The van der Waals surface area contributed by atoms with Crippen molar-refractivity contribution >= 4 is 23.2 Å². The molecule has 0 aliphatic rings. The van der Waals surface area contributed by atoms with Gasteiger partial charge < -0.3 is 10.2 Å². The molecular formula is C16H15Cl2FO2. The summed E-state index contributed by atoms with van der Waals surface area (Å²) in [5, 5.41) is 20.0. The van der Waals surface area contributed by atoms with Gasteiger partial charge in [0.1, 0.15) is 5.82 Å². The van der Waals surface area contributed by atoms with E-state index in [0.717, 1.165) is 0 Å². The molecule has 2 N–H and O–H groups in total. The quantitative estimate of drug-likeness (QED) is 0.880. The van der Waals surface area contributed by atoms with E-state index in [1.165, 1.54) is 6.07 Å². The van der Waals surface area contributed by atoms with Gasteiger partial charge in [0.05, 0.1) is 18.2 Å². The molecule has 0 spiro atoms. The second-order valence-corrected chi connectivity index (χ2v) is 5.78. The van der Waals surface area contributed by atoms with Gasteiger partial charge in [-0.3, -0.25) is 0 Å². The predicted molar refractivity (Wildman–Crippen MR) is 82.4 cm³/mol. The van der Waals surface area contributed by atoms with Crippen molar-refractivity contribution in [3.63, 3.8) is 0 Å². The average molecular weight is 329 g/mol. The van der Waals surface area contributed by atoms with Crippen molar-refractivity contribution in [2.45, 2.75) is 11.8 Å². The fourth-order valence-electron chi connectivity index (χ4n) is 2.37. The molecule has 0 heterocycles. The average Bonchev–Trinajstić information content (AvgIpc) is 2.50. The van der Waals surface area contributed by atoms with Crippen LogP contribution in [0.2, 0.25) is 10.0 Å². The zero-order valence-corrected chi connectivity index (χ0v) is 12.7. The van der Waals surface area contributed by atoms with Gasteiger partial charge in [-0.1, -0.05) is 53.5 Å². The molecule has 2 nitrogen and oxygen atoms in total. The maximum absolute atomic E-state index is 14.1. The van der Waals surface area contributed by atoms with Gasteiger partial charge in [0.15, 0.2) is 0 Å². The largest absolute Gasteiger partial charge is 0.395 e. The van der Waals surface area contributed by atoms with Crippen LogP contribution in [-0.2, 0) is 11.8 Å². The number of aliphatic hydroxyl groups is 2. The first kappa shape index (κ1) is 16.2. The second-order valence-electron chi connectivity index (χ2n) is 4.97. The summed E-state index contributed by atoms with van der Waals surface area (Å²) in [6.45, 7) is -0.724. The highest BCUT2D eigenvalue weighted by Crippen LogP contribution is 2.34. The molecule has 0 fully saturated rings. The molecule has 0 bridgehead atoms. The SMILES string of the molecule is OCC(CO)(Cc1cccc(Cl)c1F)c1ccccc1Cl. The molecule has 0 aliphatic heterocycles. The summed E-state index contributed by atoms with van der Waals surface area (Å²) >= 11 is 11.9. The van der Waals surface area contributed by atoms with Gasteiger partial charge in [0.25, 0.3) is 0 Å². The molecule has 2 aromatic carbocycles. The Hall–Kier alpha value is -1.13. The Kier molecular flexibility index (Phi) is 5.22. The Morgan fingerprint density at radius 2 is 1.52 bits per heavy atom. The standard InChI is InChI=1S/C16H15Cl2FO2/c17-13-6-2-1-5-12(13)16(9-20,10-21)8-11-4-3-7-14(18)15(11)19/h1-7,20-21H,8-10H2. The molecular weight excluding hydrogens is 314 g/mol. The van der Waals surface area contributed by atoms with Gasteiger partial charge in [-0.2, -0.15) is 0 Å². The molecule has 0 saturated heterocycles. The molecule has 0 unspecified atom stereocenters. The minimum absolute atomic E-state index is 0.0106. The van der Waals surface area contributed by atoms with E-state index in [1.54, 1.807) is 36.4 Å². The molecule has 21 heavy (non-hydrogen) atoms. The maximum atomic E-state index is 14.1. The number of hydrogen-bond acceptors (Lipinski definition) is 2. The highest BCUT2D eigenvalue weighted by atomic mass is 35.5. The van der Waals surface area contributed by atoms with Crippen molar-refractivity contribution in [3.8, 4) is 0 Å². The molecule has 0 saturated carbocycles. The molecule has 112 valence electrons. The normalized spacial score (nSPS) is 11.7. The Balaban J connectivity index is 2.49. The number of halogens is 3. The van der Waals surface area contributed by atoms with Crippen LogP contribution < -0.4 is 0 Å². The van der Waals surface area contributed by atoms with Gasteiger partial charge in [0.2, 0.25) is 0 Å². The number of benzene rings is 2. The van der Waals surface area contributed by atoms with Crippen molar-refractivity contribution in [3.05, 3.63) is 69.5 Å². The number of aliphatic hydroxyl groups excluding tert-OH is 2. The Labute approximate surface area is 132 Å². The topological polar surface area (TPSA) is 40.5 Å². The first-order valence-electron chi connectivity index (χ1n) is 6.43. The summed E-state index contributed by atoms with van der Waals surface area (Å²) in [4.78, 5) is 0. The molecule has 2 rings (SSSR count). The fraction of sp³-hybridized carbons (Fsp3) is 0.250. The summed E-state index contributed by atoms with van der Waals surface area (Å²) in [5.74, 6) is -0.544. The van der Waals surface area contributed by atoms with Crippen LogP contribution >= 0.6 is 23.2 Å². The van der Waals surface area contributed by atoms with Crippen LogP contribution in [0.3, 0.4) is 0 Å². The summed E-state index contributed by atoms with van der Waals surface area (Å²) in [6, 6.07) is 11.6. The smallest absolute Gasteiger partial charge is 0.145 e. The number of hydrogen-bond donors (Lipinski definition) is 2. The third kappa shape index (κ3) is 3.22. The molecule has 0 aliphatic carbocycles. The van der Waals surface area contributed by atoms with E-state index in [9.17, 15) is 14.6 Å². The predicted octanol–water partition coefficient (Wildman–Crippen LogP) is 3.60. The van der Waals surface area contributed by atoms with Crippen LogP contribution in [0.25, 0.3) is 0 Å². The van der Waals surface area contributed by atoms with E-state index in [-0.39, 0.29) is 24.7 Å². The lowest BCUT2D eigenvalue weighted by Gasteiger charge is -2.31. The van der Waals surface area contributed by atoms with E-state index >= 15 is 0 Å². The Bertz CT molecular complexity index is 627. The lowest BCUT2D eigenvalue weighted by Crippen LogP contribution is -2.38. The first-order valence-corrected chi connectivity index (χ1v) is 7.19. The van der Waals surface area contributed by atoms with Crippen molar-refractivity contribution < 1.29 is 14.6 Å². The van der Waals surface area contributed by atoms with Crippen LogP contribution in [-0.4, -0.2) is 23.4 Å². The van der Waals surface area contributed by atoms with E-state index in [2.05, 4.69) is 0 Å².